The van der Waals surface area contributed by atoms with Gasteiger partial charge in [-0.05, 0) is 42.5 Å². The highest BCUT2D eigenvalue weighted by molar-refractivity contribution is 7.92. The van der Waals surface area contributed by atoms with E-state index in [4.69, 9.17) is 0 Å². The van der Waals surface area contributed by atoms with Crippen molar-refractivity contribution < 1.29 is 26.0 Å². The fourth-order valence-electron chi connectivity index (χ4n) is 3.22. The Labute approximate surface area is 148 Å². The van der Waals surface area contributed by atoms with Gasteiger partial charge in [-0.25, -0.2) is 12.8 Å². The van der Waals surface area contributed by atoms with E-state index in [2.05, 4.69) is 5.10 Å². The molecule has 1 aromatic heterocycles. The summed E-state index contributed by atoms with van der Waals surface area (Å²) in [6.07, 6.45) is 4.96. The van der Waals surface area contributed by atoms with Crippen LogP contribution in [0.4, 0.5) is 23.2 Å². The van der Waals surface area contributed by atoms with Gasteiger partial charge in [0.1, 0.15) is 10.7 Å². The molecular weight excluding hydrogens is 374 g/mol. The minimum absolute atomic E-state index is 0.114. The Bertz CT molecular complexity index is 908. The molecule has 1 saturated heterocycles. The Hall–Kier alpha value is -2.10. The van der Waals surface area contributed by atoms with Crippen LogP contribution in [0.25, 0.3) is 0 Å². The van der Waals surface area contributed by atoms with E-state index in [0.717, 1.165) is 17.7 Å². The van der Waals surface area contributed by atoms with Gasteiger partial charge >= 0.3 is 5.51 Å². The number of hydrogen-bond donors (Lipinski definition) is 0. The molecule has 0 amide bonds. The van der Waals surface area contributed by atoms with Crippen LogP contribution in [0.2, 0.25) is 0 Å². The quantitative estimate of drug-likeness (QED) is 0.752. The SMILES string of the molecule is Cn1cc(CC2CCN(c3ccc(F)cc3S(=O)(=O)C(F)(F)F)C2)cn1. The first-order chi connectivity index (χ1) is 12.1. The van der Waals surface area contributed by atoms with E-state index >= 15 is 0 Å². The first-order valence-corrected chi connectivity index (χ1v) is 9.39. The molecule has 3 rings (SSSR count). The number of sulfone groups is 1. The van der Waals surface area contributed by atoms with E-state index < -0.39 is 26.1 Å². The van der Waals surface area contributed by atoms with Gasteiger partial charge in [0, 0.05) is 26.3 Å². The number of benzene rings is 1. The van der Waals surface area contributed by atoms with Gasteiger partial charge in [-0.15, -0.1) is 0 Å². The summed E-state index contributed by atoms with van der Waals surface area (Å²) < 4.78 is 77.6. The summed E-state index contributed by atoms with van der Waals surface area (Å²) in [5.74, 6) is -0.881. The highest BCUT2D eigenvalue weighted by Crippen LogP contribution is 2.38. The lowest BCUT2D eigenvalue weighted by atomic mass is 10.0. The molecule has 0 N–H and O–H groups in total. The molecule has 1 aliphatic rings. The van der Waals surface area contributed by atoms with E-state index in [0.29, 0.717) is 32.0 Å². The largest absolute Gasteiger partial charge is 0.501 e. The van der Waals surface area contributed by atoms with Crippen molar-refractivity contribution >= 4 is 15.5 Å². The Morgan fingerprint density at radius 2 is 2.04 bits per heavy atom. The van der Waals surface area contributed by atoms with Gasteiger partial charge in [0.25, 0.3) is 9.84 Å². The molecule has 26 heavy (non-hydrogen) atoms. The maximum absolute atomic E-state index is 13.5. The smallest absolute Gasteiger partial charge is 0.370 e. The molecule has 0 aliphatic carbocycles. The monoisotopic (exact) mass is 391 g/mol. The van der Waals surface area contributed by atoms with Crippen LogP contribution in [0, 0.1) is 11.7 Å². The molecule has 10 heteroatoms. The lowest BCUT2D eigenvalue weighted by molar-refractivity contribution is -0.0435. The van der Waals surface area contributed by atoms with Crippen molar-refractivity contribution in [2.75, 3.05) is 18.0 Å². The summed E-state index contributed by atoms with van der Waals surface area (Å²) in [4.78, 5) is 0.533. The second-order valence-corrected chi connectivity index (χ2v) is 8.30. The predicted molar refractivity (Wildman–Crippen MR) is 86.9 cm³/mol. The minimum atomic E-state index is -5.64. The summed E-state index contributed by atoms with van der Waals surface area (Å²) in [7, 11) is -3.85. The Morgan fingerprint density at radius 3 is 2.65 bits per heavy atom. The van der Waals surface area contributed by atoms with E-state index in [1.54, 1.807) is 22.8 Å². The van der Waals surface area contributed by atoms with Crippen LogP contribution < -0.4 is 4.90 Å². The van der Waals surface area contributed by atoms with Crippen molar-refractivity contribution in [3.05, 3.63) is 42.0 Å². The minimum Gasteiger partial charge on any atom is -0.370 e. The highest BCUT2D eigenvalue weighted by atomic mass is 32.2. The molecule has 1 fully saturated rings. The average molecular weight is 391 g/mol. The zero-order chi connectivity index (χ0) is 19.1. The number of aryl methyl sites for hydroxylation is 1. The number of alkyl halides is 3. The van der Waals surface area contributed by atoms with Crippen molar-refractivity contribution in [2.24, 2.45) is 13.0 Å². The molecule has 2 heterocycles. The van der Waals surface area contributed by atoms with Crippen molar-refractivity contribution in [3.8, 4) is 0 Å². The molecule has 142 valence electrons. The summed E-state index contributed by atoms with van der Waals surface area (Å²) >= 11 is 0. The highest BCUT2D eigenvalue weighted by Gasteiger charge is 2.48. The van der Waals surface area contributed by atoms with Crippen molar-refractivity contribution in [1.82, 2.24) is 9.78 Å². The molecule has 2 aromatic rings. The standard InChI is InChI=1S/C16H17F4N3O2S/c1-22-9-12(8-21-22)6-11-4-5-23(10-11)14-3-2-13(17)7-15(14)26(24,25)16(18,19)20/h2-3,7-9,11H,4-6,10H2,1H3. The van der Waals surface area contributed by atoms with Crippen LogP contribution >= 0.6 is 0 Å². The van der Waals surface area contributed by atoms with Gasteiger partial charge in [0.15, 0.2) is 0 Å². The number of rotatable bonds is 4. The zero-order valence-electron chi connectivity index (χ0n) is 13.9. The number of hydrogen-bond acceptors (Lipinski definition) is 4. The third-order valence-corrected chi connectivity index (χ3v) is 5.94. The topological polar surface area (TPSA) is 55.2 Å². The first kappa shape index (κ1) is 18.7. The maximum atomic E-state index is 13.5. The molecule has 1 atom stereocenters. The normalized spacial score (nSPS) is 18.5. The van der Waals surface area contributed by atoms with Gasteiger partial charge in [-0.2, -0.15) is 18.3 Å². The fourth-order valence-corrected chi connectivity index (χ4v) is 4.21. The van der Waals surface area contributed by atoms with Crippen molar-refractivity contribution in [2.45, 2.75) is 23.2 Å². The van der Waals surface area contributed by atoms with Gasteiger partial charge in [-0.3, -0.25) is 4.68 Å². The van der Waals surface area contributed by atoms with Crippen molar-refractivity contribution in [3.63, 3.8) is 0 Å². The van der Waals surface area contributed by atoms with Crippen LogP contribution in [0.5, 0.6) is 0 Å². The van der Waals surface area contributed by atoms with Gasteiger partial charge in [0.2, 0.25) is 0 Å². The van der Waals surface area contributed by atoms with Crippen LogP contribution in [0.3, 0.4) is 0 Å². The molecule has 0 bridgehead atoms. The summed E-state index contributed by atoms with van der Waals surface area (Å²) in [5.41, 5.74) is -4.59. The second kappa shape index (κ2) is 6.57. The van der Waals surface area contributed by atoms with Crippen molar-refractivity contribution in [1.29, 1.82) is 0 Å². The lowest BCUT2D eigenvalue weighted by Gasteiger charge is -2.22. The van der Waals surface area contributed by atoms with E-state index in [-0.39, 0.29) is 11.6 Å². The number of nitrogens with zero attached hydrogens (tertiary/aromatic N) is 3. The van der Waals surface area contributed by atoms with E-state index in [1.165, 1.54) is 0 Å². The third-order valence-electron chi connectivity index (χ3n) is 4.43. The first-order valence-electron chi connectivity index (χ1n) is 7.91. The molecule has 0 spiro atoms. The molecule has 0 saturated carbocycles. The van der Waals surface area contributed by atoms with Crippen LogP contribution in [0.15, 0.2) is 35.5 Å². The Balaban J connectivity index is 1.86. The summed E-state index contributed by atoms with van der Waals surface area (Å²) in [6.45, 7) is 0.790. The summed E-state index contributed by atoms with van der Waals surface area (Å²) in [5, 5.41) is 4.08. The average Bonchev–Trinajstić information content (AvgIpc) is 3.16. The molecule has 1 aliphatic heterocycles. The van der Waals surface area contributed by atoms with Crippen LogP contribution in [-0.4, -0.2) is 36.8 Å². The second-order valence-electron chi connectivity index (χ2n) is 6.39. The fraction of sp³-hybridized carbons (Fsp3) is 0.438. The van der Waals surface area contributed by atoms with E-state index in [1.807, 2.05) is 6.20 Å². The van der Waals surface area contributed by atoms with Gasteiger partial charge < -0.3 is 4.90 Å². The molecular formula is C16H17F4N3O2S. The zero-order valence-corrected chi connectivity index (χ0v) is 14.7. The Morgan fingerprint density at radius 1 is 1.31 bits per heavy atom. The molecule has 1 unspecified atom stereocenters. The number of aromatic nitrogens is 2. The predicted octanol–water partition coefficient (Wildman–Crippen LogP) is 2.92. The third kappa shape index (κ3) is 3.55. The number of anilines is 1. The maximum Gasteiger partial charge on any atom is 0.501 e. The van der Waals surface area contributed by atoms with Gasteiger partial charge in [0.05, 0.1) is 11.9 Å². The Kier molecular flexibility index (Phi) is 4.72. The molecule has 1 aromatic carbocycles. The molecule has 0 radical (unpaired) electrons. The van der Waals surface area contributed by atoms with Crippen LogP contribution in [-0.2, 0) is 23.3 Å². The van der Waals surface area contributed by atoms with Gasteiger partial charge in [-0.1, -0.05) is 0 Å². The molecule has 5 nitrogen and oxygen atoms in total. The lowest BCUT2D eigenvalue weighted by Crippen LogP contribution is -2.28. The number of halogens is 4. The van der Waals surface area contributed by atoms with Crippen LogP contribution in [0.1, 0.15) is 12.0 Å². The summed E-state index contributed by atoms with van der Waals surface area (Å²) in [6, 6.07) is 2.51. The van der Waals surface area contributed by atoms with E-state index in [9.17, 15) is 26.0 Å².